The van der Waals surface area contributed by atoms with Crippen LogP contribution in [0.4, 0.5) is 5.69 Å². The van der Waals surface area contributed by atoms with Crippen molar-refractivity contribution >= 4 is 15.5 Å². The first kappa shape index (κ1) is 14.2. The molecule has 0 spiro atoms. The predicted octanol–water partition coefficient (Wildman–Crippen LogP) is 2.46. The lowest BCUT2D eigenvalue weighted by Gasteiger charge is -2.25. The van der Waals surface area contributed by atoms with E-state index in [1.165, 1.54) is 0 Å². The van der Waals surface area contributed by atoms with E-state index in [4.69, 9.17) is 4.74 Å². The number of para-hydroxylation sites is 2. The van der Waals surface area contributed by atoms with Crippen molar-refractivity contribution < 1.29 is 13.2 Å². The third-order valence-electron chi connectivity index (χ3n) is 3.07. The molecule has 1 atom stereocenters. The van der Waals surface area contributed by atoms with Crippen LogP contribution in [0.3, 0.4) is 0 Å². The number of nitrogens with one attached hydrogen (secondary N) is 1. The number of hydrogen-bond acceptors (Lipinski definition) is 4. The maximum atomic E-state index is 11.6. The summed E-state index contributed by atoms with van der Waals surface area (Å²) in [5.41, 5.74) is 0.873. The minimum Gasteiger partial charge on any atom is -0.489 e. The summed E-state index contributed by atoms with van der Waals surface area (Å²) in [5, 5.41) is 3.31. The summed E-state index contributed by atoms with van der Waals surface area (Å²) in [4.78, 5) is 0. The molecule has 1 unspecified atom stereocenters. The van der Waals surface area contributed by atoms with E-state index < -0.39 is 9.84 Å². The number of hydrogen-bond donors (Lipinski definition) is 1. The molecule has 1 aliphatic heterocycles. The maximum Gasteiger partial charge on any atom is 0.152 e. The summed E-state index contributed by atoms with van der Waals surface area (Å²) in [6, 6.07) is 7.65. The van der Waals surface area contributed by atoms with E-state index in [2.05, 4.69) is 5.32 Å². The zero-order chi connectivity index (χ0) is 13.9. The quantitative estimate of drug-likeness (QED) is 0.922. The van der Waals surface area contributed by atoms with Crippen LogP contribution < -0.4 is 10.1 Å². The fraction of sp³-hybridized carbons (Fsp3) is 0.571. The highest BCUT2D eigenvalue weighted by Gasteiger charge is 2.25. The van der Waals surface area contributed by atoms with E-state index in [-0.39, 0.29) is 17.9 Å². The molecule has 1 N–H and O–H groups in total. The van der Waals surface area contributed by atoms with Gasteiger partial charge in [0.25, 0.3) is 0 Å². The van der Waals surface area contributed by atoms with Crippen molar-refractivity contribution in [2.45, 2.75) is 38.8 Å². The molecule has 0 bridgehead atoms. The van der Waals surface area contributed by atoms with E-state index in [0.717, 1.165) is 24.3 Å². The van der Waals surface area contributed by atoms with Crippen LogP contribution in [0.2, 0.25) is 0 Å². The largest absolute Gasteiger partial charge is 0.489 e. The van der Waals surface area contributed by atoms with Gasteiger partial charge in [-0.05, 0) is 38.8 Å². The molecular weight excluding hydrogens is 262 g/mol. The van der Waals surface area contributed by atoms with E-state index >= 15 is 0 Å². The van der Waals surface area contributed by atoms with Crippen molar-refractivity contribution in [1.29, 1.82) is 0 Å². The van der Waals surface area contributed by atoms with Gasteiger partial charge in [0.1, 0.15) is 5.75 Å². The second-order valence-corrected chi connectivity index (χ2v) is 7.49. The number of sulfone groups is 1. The lowest BCUT2D eigenvalue weighted by Crippen LogP contribution is -2.34. The third kappa shape index (κ3) is 4.13. The fourth-order valence-electron chi connectivity index (χ4n) is 2.30. The van der Waals surface area contributed by atoms with Gasteiger partial charge in [0.05, 0.1) is 23.3 Å². The molecule has 2 rings (SSSR count). The smallest absolute Gasteiger partial charge is 0.152 e. The summed E-state index contributed by atoms with van der Waals surface area (Å²) in [7, 11) is -2.89. The Morgan fingerprint density at radius 2 is 2.05 bits per heavy atom. The maximum absolute atomic E-state index is 11.6. The first-order chi connectivity index (χ1) is 8.96. The molecule has 1 aliphatic rings. The Bertz CT molecular complexity index is 525. The molecule has 0 aliphatic carbocycles. The van der Waals surface area contributed by atoms with Crippen LogP contribution in [0, 0.1) is 0 Å². The van der Waals surface area contributed by atoms with E-state index in [0.29, 0.717) is 5.75 Å². The lowest BCUT2D eigenvalue weighted by atomic mass is 10.1. The molecule has 106 valence electrons. The van der Waals surface area contributed by atoms with Gasteiger partial charge in [-0.2, -0.15) is 0 Å². The molecule has 0 radical (unpaired) electrons. The predicted molar refractivity (Wildman–Crippen MR) is 77.5 cm³/mol. The van der Waals surface area contributed by atoms with Gasteiger partial charge in [0.15, 0.2) is 9.84 Å². The second kappa shape index (κ2) is 5.82. The molecular formula is C14H21NO3S. The molecule has 1 fully saturated rings. The molecule has 5 heteroatoms. The Morgan fingerprint density at radius 1 is 1.32 bits per heavy atom. The standard InChI is InChI=1S/C14H21NO3S/c1-11(2)18-14-8-4-3-7-13(14)15-12-6-5-9-19(16,17)10-12/h3-4,7-8,11-12,15H,5-6,9-10H2,1-2H3. The lowest BCUT2D eigenvalue weighted by molar-refractivity contribution is 0.243. The molecule has 0 aromatic heterocycles. The summed E-state index contributed by atoms with van der Waals surface area (Å²) < 4.78 is 29.0. The molecule has 0 saturated carbocycles. The Morgan fingerprint density at radius 3 is 2.74 bits per heavy atom. The highest BCUT2D eigenvalue weighted by atomic mass is 32.2. The van der Waals surface area contributed by atoms with E-state index in [9.17, 15) is 8.42 Å². The first-order valence-electron chi connectivity index (χ1n) is 6.69. The molecule has 1 saturated heterocycles. The fourth-order valence-corrected chi connectivity index (χ4v) is 3.94. The van der Waals surface area contributed by atoms with E-state index in [1.807, 2.05) is 38.1 Å². The highest BCUT2D eigenvalue weighted by Crippen LogP contribution is 2.27. The summed E-state index contributed by atoms with van der Waals surface area (Å²) in [6.45, 7) is 3.95. The monoisotopic (exact) mass is 283 g/mol. The Balaban J connectivity index is 2.10. The number of anilines is 1. The van der Waals surface area contributed by atoms with Crippen molar-refractivity contribution in [1.82, 2.24) is 0 Å². The van der Waals surface area contributed by atoms with E-state index in [1.54, 1.807) is 0 Å². The molecule has 0 amide bonds. The topological polar surface area (TPSA) is 55.4 Å². The van der Waals surface area contributed by atoms with Gasteiger partial charge in [-0.15, -0.1) is 0 Å². The first-order valence-corrected chi connectivity index (χ1v) is 8.51. The van der Waals surface area contributed by atoms with Crippen LogP contribution in [-0.4, -0.2) is 32.1 Å². The Kier molecular flexibility index (Phi) is 4.34. The summed E-state index contributed by atoms with van der Waals surface area (Å²) in [5.74, 6) is 1.30. The average molecular weight is 283 g/mol. The van der Waals surface area contributed by atoms with Crippen molar-refractivity contribution in [3.63, 3.8) is 0 Å². The van der Waals surface area contributed by atoms with Crippen LogP contribution in [0.1, 0.15) is 26.7 Å². The molecule has 1 aromatic carbocycles. The van der Waals surface area contributed by atoms with Gasteiger partial charge < -0.3 is 10.1 Å². The van der Waals surface area contributed by atoms with Crippen LogP contribution in [0.5, 0.6) is 5.75 Å². The zero-order valence-corrected chi connectivity index (χ0v) is 12.2. The van der Waals surface area contributed by atoms with Gasteiger partial charge in [0.2, 0.25) is 0 Å². The van der Waals surface area contributed by atoms with Crippen LogP contribution in [-0.2, 0) is 9.84 Å². The average Bonchev–Trinajstić information content (AvgIpc) is 2.30. The summed E-state index contributed by atoms with van der Waals surface area (Å²) in [6.07, 6.45) is 1.71. The zero-order valence-electron chi connectivity index (χ0n) is 11.4. The summed E-state index contributed by atoms with van der Waals surface area (Å²) >= 11 is 0. The van der Waals surface area contributed by atoms with Gasteiger partial charge in [-0.3, -0.25) is 0 Å². The normalized spacial score (nSPS) is 22.2. The highest BCUT2D eigenvalue weighted by molar-refractivity contribution is 7.91. The Hall–Kier alpha value is -1.23. The van der Waals surface area contributed by atoms with Gasteiger partial charge in [0, 0.05) is 6.04 Å². The van der Waals surface area contributed by atoms with Crippen LogP contribution in [0.15, 0.2) is 24.3 Å². The number of rotatable bonds is 4. The minimum atomic E-state index is -2.89. The molecule has 4 nitrogen and oxygen atoms in total. The van der Waals surface area contributed by atoms with Crippen molar-refractivity contribution in [3.8, 4) is 5.75 Å². The number of ether oxygens (including phenoxy) is 1. The second-order valence-electron chi connectivity index (χ2n) is 5.26. The van der Waals surface area contributed by atoms with Crippen molar-refractivity contribution in [2.75, 3.05) is 16.8 Å². The van der Waals surface area contributed by atoms with Crippen molar-refractivity contribution in [3.05, 3.63) is 24.3 Å². The van der Waals surface area contributed by atoms with Crippen LogP contribution in [0.25, 0.3) is 0 Å². The number of benzene rings is 1. The van der Waals surface area contributed by atoms with Gasteiger partial charge >= 0.3 is 0 Å². The third-order valence-corrected chi connectivity index (χ3v) is 4.89. The molecule has 19 heavy (non-hydrogen) atoms. The molecule has 1 heterocycles. The van der Waals surface area contributed by atoms with Crippen molar-refractivity contribution in [2.24, 2.45) is 0 Å². The van der Waals surface area contributed by atoms with Crippen LogP contribution >= 0.6 is 0 Å². The van der Waals surface area contributed by atoms with Gasteiger partial charge in [-0.25, -0.2) is 8.42 Å². The molecule has 1 aromatic rings. The Labute approximate surface area is 115 Å². The minimum absolute atomic E-state index is 0.0179. The van der Waals surface area contributed by atoms with Gasteiger partial charge in [-0.1, -0.05) is 12.1 Å². The SMILES string of the molecule is CC(C)Oc1ccccc1NC1CCCS(=O)(=O)C1.